The number of nitrogens with zero attached hydrogens (tertiary/aromatic N) is 1. The summed E-state index contributed by atoms with van der Waals surface area (Å²) in [4.78, 5) is 4.16. The first-order valence-electron chi connectivity index (χ1n) is 5.81. The zero-order valence-corrected chi connectivity index (χ0v) is 11.6. The minimum absolute atomic E-state index is 0.304. The smallest absolute Gasteiger partial charge is 0.208 e. The number of benzene rings is 1. The Bertz CT molecular complexity index is 507. The number of aromatic nitrogens is 1. The maximum atomic E-state index is 13.3. The van der Waals surface area contributed by atoms with Crippen molar-refractivity contribution in [3.8, 4) is 11.3 Å². The molecular formula is C13H14BrFN2O. The lowest BCUT2D eigenvalue weighted by Gasteiger charge is -1.99. The highest BCUT2D eigenvalue weighted by atomic mass is 79.9. The molecule has 3 nitrogen and oxygen atoms in total. The molecule has 0 saturated heterocycles. The second-order valence-corrected chi connectivity index (χ2v) is 4.87. The van der Waals surface area contributed by atoms with Gasteiger partial charge in [0.25, 0.3) is 0 Å². The van der Waals surface area contributed by atoms with Gasteiger partial charge >= 0.3 is 0 Å². The second-order valence-electron chi connectivity index (χ2n) is 3.95. The third-order valence-corrected chi connectivity index (χ3v) is 2.86. The van der Waals surface area contributed by atoms with Gasteiger partial charge in [-0.2, -0.15) is 0 Å². The Morgan fingerprint density at radius 1 is 1.39 bits per heavy atom. The minimum Gasteiger partial charge on any atom is -0.439 e. The Labute approximate surface area is 114 Å². The molecule has 0 amide bonds. The van der Waals surface area contributed by atoms with Gasteiger partial charge in [0.2, 0.25) is 5.89 Å². The van der Waals surface area contributed by atoms with Crippen LogP contribution < -0.4 is 5.32 Å². The summed E-state index contributed by atoms with van der Waals surface area (Å²) in [5.74, 6) is 0.878. The summed E-state index contributed by atoms with van der Waals surface area (Å²) in [7, 11) is 0. The molecule has 0 bridgehead atoms. The maximum absolute atomic E-state index is 13.3. The maximum Gasteiger partial charge on any atom is 0.208 e. The molecular weight excluding hydrogens is 299 g/mol. The molecule has 2 rings (SSSR count). The number of oxazole rings is 1. The Morgan fingerprint density at radius 2 is 2.22 bits per heavy atom. The van der Waals surface area contributed by atoms with Crippen molar-refractivity contribution >= 4 is 15.9 Å². The first-order valence-corrected chi connectivity index (χ1v) is 6.60. The quantitative estimate of drug-likeness (QED) is 0.855. The van der Waals surface area contributed by atoms with E-state index in [1.165, 1.54) is 12.1 Å². The van der Waals surface area contributed by atoms with E-state index in [1.807, 2.05) is 0 Å². The fourth-order valence-corrected chi connectivity index (χ4v) is 2.06. The predicted molar refractivity (Wildman–Crippen MR) is 71.6 cm³/mol. The molecule has 1 heterocycles. The SMILES string of the molecule is CCCNCc1ncc(-c2cc(F)cc(Br)c2)o1. The standard InChI is InChI=1S/C13H14BrFN2O/c1-2-3-16-8-13-17-7-12(18-13)9-4-10(14)6-11(15)5-9/h4-7,16H,2-3,8H2,1H3. The summed E-state index contributed by atoms with van der Waals surface area (Å²) in [6.07, 6.45) is 2.68. The zero-order chi connectivity index (χ0) is 13.0. The first kappa shape index (κ1) is 13.2. The molecule has 2 aromatic rings. The molecule has 0 unspecified atom stereocenters. The van der Waals surface area contributed by atoms with Crippen LogP contribution in [0.3, 0.4) is 0 Å². The lowest BCUT2D eigenvalue weighted by Crippen LogP contribution is -2.13. The number of nitrogens with one attached hydrogen (secondary N) is 1. The summed E-state index contributed by atoms with van der Waals surface area (Å²) >= 11 is 3.25. The van der Waals surface area contributed by atoms with Crippen molar-refractivity contribution in [3.05, 3.63) is 40.6 Å². The molecule has 0 atom stereocenters. The van der Waals surface area contributed by atoms with E-state index in [-0.39, 0.29) is 5.82 Å². The van der Waals surface area contributed by atoms with E-state index in [4.69, 9.17) is 4.42 Å². The van der Waals surface area contributed by atoms with E-state index in [0.717, 1.165) is 13.0 Å². The minimum atomic E-state index is -0.304. The van der Waals surface area contributed by atoms with Crippen molar-refractivity contribution in [3.63, 3.8) is 0 Å². The van der Waals surface area contributed by atoms with Crippen LogP contribution in [0.1, 0.15) is 19.2 Å². The van der Waals surface area contributed by atoms with Crippen LogP contribution >= 0.6 is 15.9 Å². The fraction of sp³-hybridized carbons (Fsp3) is 0.308. The lowest BCUT2D eigenvalue weighted by molar-refractivity contribution is 0.477. The monoisotopic (exact) mass is 312 g/mol. The van der Waals surface area contributed by atoms with Crippen molar-refractivity contribution in [1.82, 2.24) is 10.3 Å². The molecule has 18 heavy (non-hydrogen) atoms. The zero-order valence-electron chi connectivity index (χ0n) is 10.0. The molecule has 96 valence electrons. The van der Waals surface area contributed by atoms with Crippen LogP contribution in [0.4, 0.5) is 4.39 Å². The summed E-state index contributed by atoms with van der Waals surface area (Å²) in [6.45, 7) is 3.60. The van der Waals surface area contributed by atoms with Crippen LogP contribution in [0.15, 0.2) is 33.3 Å². The average Bonchev–Trinajstić information content (AvgIpc) is 2.77. The molecule has 0 fully saturated rings. The van der Waals surface area contributed by atoms with Gasteiger partial charge < -0.3 is 9.73 Å². The molecule has 1 aromatic carbocycles. The Balaban J connectivity index is 2.13. The largest absolute Gasteiger partial charge is 0.439 e. The van der Waals surface area contributed by atoms with Gasteiger partial charge in [-0.3, -0.25) is 0 Å². The van der Waals surface area contributed by atoms with Crippen LogP contribution in [0, 0.1) is 5.82 Å². The molecule has 0 spiro atoms. The lowest BCUT2D eigenvalue weighted by atomic mass is 10.2. The topological polar surface area (TPSA) is 38.1 Å². The second kappa shape index (κ2) is 6.11. The van der Waals surface area contributed by atoms with Gasteiger partial charge in [0, 0.05) is 10.0 Å². The normalized spacial score (nSPS) is 10.8. The molecule has 1 N–H and O–H groups in total. The molecule has 0 aliphatic rings. The van der Waals surface area contributed by atoms with E-state index in [0.29, 0.717) is 28.2 Å². The van der Waals surface area contributed by atoms with E-state index >= 15 is 0 Å². The Morgan fingerprint density at radius 3 is 2.94 bits per heavy atom. The van der Waals surface area contributed by atoms with Gasteiger partial charge in [-0.15, -0.1) is 0 Å². The van der Waals surface area contributed by atoms with E-state index in [9.17, 15) is 4.39 Å². The molecule has 0 aliphatic heterocycles. The third-order valence-electron chi connectivity index (χ3n) is 2.40. The molecule has 1 aromatic heterocycles. The van der Waals surface area contributed by atoms with E-state index < -0.39 is 0 Å². The van der Waals surface area contributed by atoms with Crippen LogP contribution in [-0.4, -0.2) is 11.5 Å². The molecule has 0 aliphatic carbocycles. The van der Waals surface area contributed by atoms with Crippen molar-refractivity contribution in [2.24, 2.45) is 0 Å². The van der Waals surface area contributed by atoms with Crippen LogP contribution in [0.5, 0.6) is 0 Å². The number of rotatable bonds is 5. The van der Waals surface area contributed by atoms with Crippen LogP contribution in [0.2, 0.25) is 0 Å². The van der Waals surface area contributed by atoms with Crippen LogP contribution in [-0.2, 0) is 6.54 Å². The van der Waals surface area contributed by atoms with Crippen molar-refractivity contribution in [2.75, 3.05) is 6.54 Å². The predicted octanol–water partition coefficient (Wildman–Crippen LogP) is 3.74. The summed E-state index contributed by atoms with van der Waals surface area (Å²) in [5, 5.41) is 3.20. The molecule has 0 radical (unpaired) electrons. The van der Waals surface area contributed by atoms with Gasteiger partial charge in [-0.05, 0) is 31.2 Å². The highest BCUT2D eigenvalue weighted by Gasteiger charge is 2.08. The summed E-state index contributed by atoms with van der Waals surface area (Å²) in [6, 6.07) is 4.63. The van der Waals surface area contributed by atoms with Gasteiger partial charge in [0.1, 0.15) is 5.82 Å². The van der Waals surface area contributed by atoms with Crippen molar-refractivity contribution in [2.45, 2.75) is 19.9 Å². The van der Waals surface area contributed by atoms with Gasteiger partial charge in [0.05, 0.1) is 12.7 Å². The molecule has 0 saturated carbocycles. The summed E-state index contributed by atoms with van der Waals surface area (Å²) in [5.41, 5.74) is 0.677. The first-order chi connectivity index (χ1) is 8.69. The number of halogens is 2. The van der Waals surface area contributed by atoms with Gasteiger partial charge in [-0.25, -0.2) is 9.37 Å². The van der Waals surface area contributed by atoms with Gasteiger partial charge in [-0.1, -0.05) is 22.9 Å². The Kier molecular flexibility index (Phi) is 4.49. The third kappa shape index (κ3) is 3.40. The average molecular weight is 313 g/mol. The molecule has 5 heteroatoms. The van der Waals surface area contributed by atoms with Gasteiger partial charge in [0.15, 0.2) is 5.76 Å². The number of hydrogen-bond donors (Lipinski definition) is 1. The Hall–Kier alpha value is -1.20. The van der Waals surface area contributed by atoms with Crippen molar-refractivity contribution in [1.29, 1.82) is 0 Å². The number of hydrogen-bond acceptors (Lipinski definition) is 3. The summed E-state index contributed by atoms with van der Waals surface area (Å²) < 4.78 is 19.5. The fourth-order valence-electron chi connectivity index (χ4n) is 1.59. The van der Waals surface area contributed by atoms with E-state index in [1.54, 1.807) is 12.3 Å². The highest BCUT2D eigenvalue weighted by molar-refractivity contribution is 9.10. The van der Waals surface area contributed by atoms with Crippen molar-refractivity contribution < 1.29 is 8.81 Å². The highest BCUT2D eigenvalue weighted by Crippen LogP contribution is 2.25. The van der Waals surface area contributed by atoms with E-state index in [2.05, 4.69) is 33.2 Å². The van der Waals surface area contributed by atoms with Crippen LogP contribution in [0.25, 0.3) is 11.3 Å².